The summed E-state index contributed by atoms with van der Waals surface area (Å²) in [6, 6.07) is -0.545. The molecule has 0 bridgehead atoms. The number of nitrogens with zero attached hydrogens (tertiary/aromatic N) is 4. The second-order valence-corrected chi connectivity index (χ2v) is 20.5. The maximum atomic E-state index is 15.4. The van der Waals surface area contributed by atoms with E-state index in [-0.39, 0.29) is 33.6 Å². The number of hydrogen-bond acceptors (Lipinski definition) is 11. The highest BCUT2D eigenvalue weighted by atomic mass is 28.4. The zero-order valence-corrected chi connectivity index (χ0v) is 32.6. The zero-order chi connectivity index (χ0) is 36.8. The highest BCUT2D eigenvalue weighted by Crippen LogP contribution is 2.60. The number of aromatic nitrogens is 2. The third-order valence-electron chi connectivity index (χ3n) is 11.1. The van der Waals surface area contributed by atoms with Crippen LogP contribution < -0.4 is 14.4 Å². The Balaban J connectivity index is 1.81. The van der Waals surface area contributed by atoms with Gasteiger partial charge in [0.2, 0.25) is 5.78 Å². The van der Waals surface area contributed by atoms with Gasteiger partial charge in [0.15, 0.2) is 25.5 Å². The van der Waals surface area contributed by atoms with Crippen molar-refractivity contribution < 1.29 is 33.1 Å². The molecule has 2 aromatic rings. The van der Waals surface area contributed by atoms with E-state index in [9.17, 15) is 9.90 Å². The molecule has 0 amide bonds. The molecule has 12 heteroatoms. The molecule has 0 spiro atoms. The van der Waals surface area contributed by atoms with Gasteiger partial charge in [-0.1, -0.05) is 53.5 Å². The van der Waals surface area contributed by atoms with Crippen molar-refractivity contribution in [2.75, 3.05) is 45.8 Å². The van der Waals surface area contributed by atoms with Crippen LogP contribution in [0, 0.1) is 11.8 Å². The lowest BCUT2D eigenvalue weighted by molar-refractivity contribution is -0.0501. The Labute approximate surface area is 298 Å². The average Bonchev–Trinajstić information content (AvgIpc) is 3.45. The first-order chi connectivity index (χ1) is 23.6. The van der Waals surface area contributed by atoms with Crippen LogP contribution in [0.2, 0.25) is 18.1 Å². The van der Waals surface area contributed by atoms with Crippen LogP contribution in [-0.4, -0.2) is 86.5 Å². The summed E-state index contributed by atoms with van der Waals surface area (Å²) in [6.07, 6.45) is 7.60. The average molecular weight is 709 g/mol. The van der Waals surface area contributed by atoms with Crippen LogP contribution in [0.1, 0.15) is 105 Å². The summed E-state index contributed by atoms with van der Waals surface area (Å²) in [5.41, 5.74) is -0.358. The number of allylic oxidation sites excluding steroid dienone is 1. The number of aliphatic hydroxyl groups excluding tert-OH is 1. The SMILES string of the molecule is C=CCN(C)[C@@H]1c2onc(OCCCC)c2C(=O)[C@@]2(O[Si](C)(C)C(C)(C)C)C(O)=C3C(=O)c4c(OCCCC)cnc(N(C)C)c4C[C@H]3C[C@@H]12. The molecule has 0 saturated heterocycles. The van der Waals surface area contributed by atoms with Gasteiger partial charge >= 0.3 is 0 Å². The quantitative estimate of drug-likeness (QED) is 0.119. The molecule has 1 N–H and O–H groups in total. The Bertz CT molecular complexity index is 1660. The Morgan fingerprint density at radius 1 is 1.10 bits per heavy atom. The molecule has 2 aromatic heterocycles. The largest absolute Gasteiger partial charge is 0.508 e. The maximum absolute atomic E-state index is 15.4. The van der Waals surface area contributed by atoms with E-state index in [0.717, 1.165) is 31.2 Å². The lowest BCUT2D eigenvalue weighted by Crippen LogP contribution is -2.65. The van der Waals surface area contributed by atoms with Gasteiger partial charge in [-0.2, -0.15) is 0 Å². The van der Waals surface area contributed by atoms with Gasteiger partial charge in [-0.3, -0.25) is 14.5 Å². The second-order valence-electron chi connectivity index (χ2n) is 15.8. The molecule has 0 fully saturated rings. The van der Waals surface area contributed by atoms with Crippen LogP contribution in [0.25, 0.3) is 0 Å². The third kappa shape index (κ3) is 6.21. The molecular weight excluding hydrogens is 653 g/mol. The molecule has 0 aliphatic heterocycles. The zero-order valence-electron chi connectivity index (χ0n) is 31.6. The Morgan fingerprint density at radius 3 is 2.36 bits per heavy atom. The van der Waals surface area contributed by atoms with E-state index < -0.39 is 37.6 Å². The first-order valence-corrected chi connectivity index (χ1v) is 21.0. The second kappa shape index (κ2) is 14.3. The Hall–Kier alpha value is -3.48. The minimum Gasteiger partial charge on any atom is -0.508 e. The van der Waals surface area contributed by atoms with E-state index >= 15 is 4.79 Å². The first kappa shape index (κ1) is 37.8. The molecule has 0 saturated carbocycles. The van der Waals surface area contributed by atoms with Gasteiger partial charge in [-0.15, -0.1) is 6.58 Å². The van der Waals surface area contributed by atoms with Crippen molar-refractivity contribution in [2.45, 2.75) is 103 Å². The van der Waals surface area contributed by atoms with Crippen LogP contribution in [-0.2, 0) is 10.8 Å². The summed E-state index contributed by atoms with van der Waals surface area (Å²) in [4.78, 5) is 39.0. The normalized spacial score (nSPS) is 23.3. The van der Waals surface area contributed by atoms with Crippen LogP contribution in [0.3, 0.4) is 0 Å². The summed E-state index contributed by atoms with van der Waals surface area (Å²) < 4.78 is 25.5. The number of Topliss-reactive ketones (excluding diaryl/α,β-unsaturated/α-hetero) is 2. The van der Waals surface area contributed by atoms with Crippen molar-refractivity contribution >= 4 is 25.7 Å². The number of carbonyl (C=O) groups excluding carboxylic acids is 2. The number of ketones is 2. The van der Waals surface area contributed by atoms with Gasteiger partial charge in [-0.05, 0) is 61.9 Å². The van der Waals surface area contributed by atoms with Gasteiger partial charge in [0.05, 0.1) is 31.0 Å². The number of fused-ring (bicyclic) bond motifs is 4. The topological polar surface area (TPSA) is 127 Å². The highest BCUT2D eigenvalue weighted by molar-refractivity contribution is 6.74. The minimum atomic E-state index is -2.83. The Kier molecular flexibility index (Phi) is 10.8. The highest BCUT2D eigenvalue weighted by Gasteiger charge is 2.67. The van der Waals surface area contributed by atoms with Crippen LogP contribution in [0.5, 0.6) is 11.6 Å². The van der Waals surface area contributed by atoms with Crippen LogP contribution in [0.4, 0.5) is 5.82 Å². The van der Waals surface area contributed by atoms with Crippen molar-refractivity contribution in [1.29, 1.82) is 0 Å². The number of pyridine rings is 1. The van der Waals surface area contributed by atoms with Crippen LogP contribution >= 0.6 is 0 Å². The minimum absolute atomic E-state index is 0.0839. The van der Waals surface area contributed by atoms with Crippen molar-refractivity contribution in [2.24, 2.45) is 11.8 Å². The summed E-state index contributed by atoms with van der Waals surface area (Å²) >= 11 is 0. The monoisotopic (exact) mass is 708 g/mol. The van der Waals surface area contributed by atoms with E-state index in [1.54, 1.807) is 12.3 Å². The lowest BCUT2D eigenvalue weighted by Gasteiger charge is -2.55. The van der Waals surface area contributed by atoms with E-state index in [1.807, 2.05) is 26.0 Å². The molecule has 0 unspecified atom stereocenters. The fourth-order valence-corrected chi connectivity index (χ4v) is 8.91. The van der Waals surface area contributed by atoms with E-state index in [0.29, 0.717) is 55.5 Å². The Morgan fingerprint density at radius 2 is 1.76 bits per heavy atom. The predicted octanol–water partition coefficient (Wildman–Crippen LogP) is 7.50. The number of anilines is 1. The number of ether oxygens (including phenoxy) is 2. The molecule has 5 rings (SSSR count). The molecular formula is C38H56N4O7Si. The molecule has 3 aliphatic carbocycles. The first-order valence-electron chi connectivity index (χ1n) is 18.1. The van der Waals surface area contributed by atoms with Crippen molar-refractivity contribution in [3.63, 3.8) is 0 Å². The molecule has 50 heavy (non-hydrogen) atoms. The van der Waals surface area contributed by atoms with Crippen molar-refractivity contribution in [3.8, 4) is 11.6 Å². The van der Waals surface area contributed by atoms with Crippen LogP contribution in [0.15, 0.2) is 34.7 Å². The predicted molar refractivity (Wildman–Crippen MR) is 196 cm³/mol. The molecule has 11 nitrogen and oxygen atoms in total. The van der Waals surface area contributed by atoms with Crippen molar-refractivity contribution in [3.05, 3.63) is 52.6 Å². The number of unbranched alkanes of at least 4 members (excludes halogenated alkanes) is 2. The number of likely N-dealkylation sites (N-methyl/N-ethyl adjacent to an activating group) is 1. The molecule has 0 radical (unpaired) electrons. The summed E-state index contributed by atoms with van der Waals surface area (Å²) in [5, 5.41) is 16.8. The van der Waals surface area contributed by atoms with Gasteiger partial charge in [0.25, 0.3) is 5.88 Å². The maximum Gasteiger partial charge on any atom is 0.265 e. The van der Waals surface area contributed by atoms with E-state index in [4.69, 9.17) is 23.4 Å². The summed E-state index contributed by atoms with van der Waals surface area (Å²) in [6.45, 7) is 19.8. The molecule has 0 aromatic carbocycles. The summed E-state index contributed by atoms with van der Waals surface area (Å²) in [5.74, 6) is -0.681. The molecule has 2 heterocycles. The van der Waals surface area contributed by atoms with Gasteiger partial charge in [0, 0.05) is 37.7 Å². The summed E-state index contributed by atoms with van der Waals surface area (Å²) in [7, 11) is 2.91. The van der Waals surface area contributed by atoms with E-state index in [1.165, 1.54) is 0 Å². The fourth-order valence-electron chi connectivity index (χ4n) is 7.46. The fraction of sp³-hybridized carbons (Fsp3) is 0.632. The molecule has 3 aliphatic rings. The number of rotatable bonds is 14. The lowest BCUT2D eigenvalue weighted by atomic mass is 9.58. The third-order valence-corrected chi connectivity index (χ3v) is 15.5. The standard InChI is InChI=1S/C38H56N4O7Si/c1-12-15-18-46-26-22-39-35(41(7)8)24-20-23-21-25-30(42(9)17-14-3)32-29(36(40-48-32)47-19-16-13-2)34(45)38(25,49-50(10,11)37(4,5)6)33(44)27(23)31(43)28(24)26/h14,22-23,25,30,44H,3,12-13,15-21H2,1-2,4-11H3/t23-,25-,30-,38-/m0/s1. The van der Waals surface area contributed by atoms with Gasteiger partial charge < -0.3 is 28.4 Å². The van der Waals surface area contributed by atoms with E-state index in [2.05, 4.69) is 64.3 Å². The molecule has 4 atom stereocenters. The number of carbonyl (C=O) groups is 2. The number of hydrogen-bond donors (Lipinski definition) is 1. The van der Waals surface area contributed by atoms with Gasteiger partial charge in [-0.25, -0.2) is 4.98 Å². The van der Waals surface area contributed by atoms with Gasteiger partial charge in [0.1, 0.15) is 22.9 Å². The van der Waals surface area contributed by atoms with Crippen molar-refractivity contribution in [1.82, 2.24) is 15.0 Å². The smallest absolute Gasteiger partial charge is 0.265 e. The molecule has 274 valence electrons. The number of aliphatic hydroxyl groups is 1.